The molecule has 17 heavy (non-hydrogen) atoms. The highest BCUT2D eigenvalue weighted by Crippen LogP contribution is 2.22. The van der Waals surface area contributed by atoms with Crippen LogP contribution >= 0.6 is 0 Å². The van der Waals surface area contributed by atoms with Gasteiger partial charge in [-0.2, -0.15) is 0 Å². The van der Waals surface area contributed by atoms with Crippen molar-refractivity contribution in [3.05, 3.63) is 0 Å². The molecular formula is C14H28O3. The molecule has 0 saturated carbocycles. The van der Waals surface area contributed by atoms with Gasteiger partial charge in [-0.15, -0.1) is 0 Å². The molecule has 0 aromatic heterocycles. The van der Waals surface area contributed by atoms with Crippen molar-refractivity contribution in [1.82, 2.24) is 0 Å². The molecule has 0 unspecified atom stereocenters. The number of aliphatic hydroxyl groups excluding tert-OH is 1. The van der Waals surface area contributed by atoms with E-state index in [1.807, 2.05) is 20.8 Å². The fraction of sp³-hybridized carbons (Fsp3) is 0.929. The Hall–Kier alpha value is -0.570. The summed E-state index contributed by atoms with van der Waals surface area (Å²) in [6, 6.07) is 0. The summed E-state index contributed by atoms with van der Waals surface area (Å²) in [5.74, 6) is -0.112. The van der Waals surface area contributed by atoms with Crippen LogP contribution in [-0.2, 0) is 9.53 Å². The molecule has 0 aromatic rings. The average molecular weight is 244 g/mol. The van der Waals surface area contributed by atoms with Gasteiger partial charge >= 0.3 is 5.97 Å². The van der Waals surface area contributed by atoms with Gasteiger partial charge in [-0.25, -0.2) is 0 Å². The van der Waals surface area contributed by atoms with Gasteiger partial charge in [-0.1, -0.05) is 26.7 Å². The minimum absolute atomic E-state index is 0.00587. The molecule has 0 aliphatic carbocycles. The van der Waals surface area contributed by atoms with Crippen LogP contribution < -0.4 is 0 Å². The van der Waals surface area contributed by atoms with E-state index >= 15 is 0 Å². The zero-order chi connectivity index (χ0) is 13.5. The molecule has 0 aliphatic rings. The zero-order valence-corrected chi connectivity index (χ0v) is 12.0. The van der Waals surface area contributed by atoms with Gasteiger partial charge in [0.05, 0.1) is 0 Å². The first-order valence-corrected chi connectivity index (χ1v) is 6.49. The Labute approximate surface area is 106 Å². The number of esters is 1. The monoisotopic (exact) mass is 244 g/mol. The van der Waals surface area contributed by atoms with Crippen LogP contribution in [0, 0.1) is 5.41 Å². The quantitative estimate of drug-likeness (QED) is 0.552. The maximum atomic E-state index is 11.4. The molecule has 3 nitrogen and oxygen atoms in total. The first kappa shape index (κ1) is 16.4. The maximum absolute atomic E-state index is 11.4. The van der Waals surface area contributed by atoms with Crippen LogP contribution in [0.5, 0.6) is 0 Å². The summed E-state index contributed by atoms with van der Waals surface area (Å²) in [5.41, 5.74) is -0.373. The minimum Gasteiger partial charge on any atom is -0.460 e. The summed E-state index contributed by atoms with van der Waals surface area (Å²) < 4.78 is 5.23. The highest BCUT2D eigenvalue weighted by molar-refractivity contribution is 5.69. The van der Waals surface area contributed by atoms with Crippen molar-refractivity contribution in [1.29, 1.82) is 0 Å². The summed E-state index contributed by atoms with van der Waals surface area (Å²) in [6.45, 7) is 9.98. The third-order valence-electron chi connectivity index (χ3n) is 2.58. The van der Waals surface area contributed by atoms with Crippen molar-refractivity contribution in [2.24, 2.45) is 5.41 Å². The van der Waals surface area contributed by atoms with E-state index in [9.17, 15) is 4.79 Å². The van der Waals surface area contributed by atoms with E-state index in [0.29, 0.717) is 6.42 Å². The van der Waals surface area contributed by atoms with Crippen molar-refractivity contribution in [2.45, 2.75) is 72.3 Å². The smallest absolute Gasteiger partial charge is 0.306 e. The standard InChI is InChI=1S/C14H28O3/c1-13(2,3)17-12(16)9-7-6-8-10-14(4,5)11-15/h15H,6-11H2,1-5H3. The van der Waals surface area contributed by atoms with Gasteiger partial charge < -0.3 is 9.84 Å². The van der Waals surface area contributed by atoms with Crippen LogP contribution in [0.4, 0.5) is 0 Å². The summed E-state index contributed by atoms with van der Waals surface area (Å²) >= 11 is 0. The molecule has 0 rings (SSSR count). The van der Waals surface area contributed by atoms with E-state index in [1.165, 1.54) is 0 Å². The zero-order valence-electron chi connectivity index (χ0n) is 12.0. The molecular weight excluding hydrogens is 216 g/mol. The van der Waals surface area contributed by atoms with Crippen molar-refractivity contribution in [2.75, 3.05) is 6.61 Å². The van der Waals surface area contributed by atoms with Crippen LogP contribution in [-0.4, -0.2) is 23.3 Å². The summed E-state index contributed by atoms with van der Waals surface area (Å²) in [5, 5.41) is 9.09. The van der Waals surface area contributed by atoms with E-state index in [4.69, 9.17) is 9.84 Å². The second-order valence-electron chi connectivity index (χ2n) is 6.47. The second kappa shape index (κ2) is 7.00. The summed E-state index contributed by atoms with van der Waals surface area (Å²) in [6.07, 6.45) is 4.43. The Morgan fingerprint density at radius 2 is 1.65 bits per heavy atom. The molecule has 0 spiro atoms. The third kappa shape index (κ3) is 10.3. The number of hydrogen-bond acceptors (Lipinski definition) is 3. The topological polar surface area (TPSA) is 46.5 Å². The second-order valence-corrected chi connectivity index (χ2v) is 6.47. The van der Waals surface area contributed by atoms with Crippen molar-refractivity contribution in [3.63, 3.8) is 0 Å². The van der Waals surface area contributed by atoms with Crippen molar-refractivity contribution in [3.8, 4) is 0 Å². The van der Waals surface area contributed by atoms with Crippen LogP contribution in [0.15, 0.2) is 0 Å². The normalized spacial score (nSPS) is 12.6. The third-order valence-corrected chi connectivity index (χ3v) is 2.58. The molecule has 0 bridgehead atoms. The lowest BCUT2D eigenvalue weighted by Gasteiger charge is -2.21. The predicted molar refractivity (Wildman–Crippen MR) is 69.8 cm³/mol. The van der Waals surface area contributed by atoms with E-state index in [2.05, 4.69) is 13.8 Å². The van der Waals surface area contributed by atoms with Crippen LogP contribution in [0.25, 0.3) is 0 Å². The Morgan fingerprint density at radius 1 is 1.06 bits per heavy atom. The SMILES string of the molecule is CC(C)(CO)CCCCCC(=O)OC(C)(C)C. The Kier molecular flexibility index (Phi) is 6.76. The van der Waals surface area contributed by atoms with Gasteiger partial charge in [-0.05, 0) is 39.0 Å². The van der Waals surface area contributed by atoms with Gasteiger partial charge in [0.25, 0.3) is 0 Å². The Morgan fingerprint density at radius 3 is 2.12 bits per heavy atom. The fourth-order valence-corrected chi connectivity index (χ4v) is 1.52. The first-order chi connectivity index (χ1) is 7.66. The van der Waals surface area contributed by atoms with E-state index in [0.717, 1.165) is 25.7 Å². The molecule has 0 atom stereocenters. The fourth-order valence-electron chi connectivity index (χ4n) is 1.52. The van der Waals surface area contributed by atoms with Crippen LogP contribution in [0.2, 0.25) is 0 Å². The van der Waals surface area contributed by atoms with Gasteiger partial charge in [0.15, 0.2) is 0 Å². The highest BCUT2D eigenvalue weighted by Gasteiger charge is 2.17. The number of carbonyl (C=O) groups excluding carboxylic acids is 1. The summed E-state index contributed by atoms with van der Waals surface area (Å²) in [7, 11) is 0. The van der Waals surface area contributed by atoms with Crippen molar-refractivity contribution < 1.29 is 14.6 Å². The first-order valence-electron chi connectivity index (χ1n) is 6.49. The van der Waals surface area contributed by atoms with E-state index < -0.39 is 0 Å². The largest absolute Gasteiger partial charge is 0.460 e. The van der Waals surface area contributed by atoms with Gasteiger partial charge in [0, 0.05) is 13.0 Å². The average Bonchev–Trinajstić information content (AvgIpc) is 2.14. The number of aliphatic hydroxyl groups is 1. The number of rotatable bonds is 7. The van der Waals surface area contributed by atoms with Crippen LogP contribution in [0.1, 0.15) is 66.7 Å². The molecule has 0 saturated heterocycles. The summed E-state index contributed by atoms with van der Waals surface area (Å²) in [4.78, 5) is 11.4. The van der Waals surface area contributed by atoms with Crippen molar-refractivity contribution >= 4 is 5.97 Å². The number of ether oxygens (including phenoxy) is 1. The van der Waals surface area contributed by atoms with E-state index in [1.54, 1.807) is 0 Å². The lowest BCUT2D eigenvalue weighted by Crippen LogP contribution is -2.23. The van der Waals surface area contributed by atoms with Gasteiger partial charge in [0.2, 0.25) is 0 Å². The molecule has 0 aromatic carbocycles. The van der Waals surface area contributed by atoms with Gasteiger partial charge in [-0.3, -0.25) is 4.79 Å². The minimum atomic E-state index is -0.379. The number of unbranched alkanes of at least 4 members (excludes halogenated alkanes) is 2. The number of carbonyl (C=O) groups is 1. The van der Waals surface area contributed by atoms with Crippen LogP contribution in [0.3, 0.4) is 0 Å². The lowest BCUT2D eigenvalue weighted by atomic mass is 9.88. The molecule has 0 radical (unpaired) electrons. The molecule has 0 aliphatic heterocycles. The lowest BCUT2D eigenvalue weighted by molar-refractivity contribution is -0.154. The molecule has 102 valence electrons. The Bertz CT molecular complexity index is 226. The molecule has 3 heteroatoms. The molecule has 1 N–H and O–H groups in total. The maximum Gasteiger partial charge on any atom is 0.306 e. The van der Waals surface area contributed by atoms with E-state index in [-0.39, 0.29) is 23.6 Å². The molecule has 0 amide bonds. The molecule has 0 fully saturated rings. The Balaban J connectivity index is 3.56. The molecule has 0 heterocycles. The van der Waals surface area contributed by atoms with Gasteiger partial charge in [0.1, 0.15) is 5.60 Å². The number of hydrogen-bond donors (Lipinski definition) is 1. The highest BCUT2D eigenvalue weighted by atomic mass is 16.6. The predicted octanol–water partition coefficient (Wildman–Crippen LogP) is 3.30.